The Morgan fingerprint density at radius 1 is 0.821 bits per heavy atom. The van der Waals surface area contributed by atoms with E-state index in [1.807, 2.05) is 13.0 Å². The second-order valence-corrected chi connectivity index (χ2v) is 28.6. The van der Waals surface area contributed by atoms with E-state index in [2.05, 4.69) is 128 Å². The van der Waals surface area contributed by atoms with Crippen molar-refractivity contribution in [3.63, 3.8) is 0 Å². The van der Waals surface area contributed by atoms with Gasteiger partial charge in [0.2, 0.25) is 0 Å². The van der Waals surface area contributed by atoms with Crippen LogP contribution in [-0.2, 0) is 32.6 Å². The maximum absolute atomic E-state index is 13.0. The lowest BCUT2D eigenvalue weighted by atomic mass is 9.82. The minimum absolute atomic E-state index is 0.110. The predicted octanol–water partition coefficient (Wildman–Crippen LogP) is 8.92. The third-order valence-electron chi connectivity index (χ3n) is 11.7. The van der Waals surface area contributed by atoms with Gasteiger partial charge in [-0.15, -0.1) is 0 Å². The summed E-state index contributed by atoms with van der Waals surface area (Å²) in [6.07, 6.45) is 4.05. The zero-order chi connectivity index (χ0) is 41.5. The molecule has 0 heterocycles. The Hall–Kier alpha value is -2.91. The van der Waals surface area contributed by atoms with E-state index in [0.717, 1.165) is 31.1 Å². The normalized spacial score (nSPS) is 20.6. The molecule has 1 aliphatic rings. The van der Waals surface area contributed by atoms with E-state index in [1.54, 1.807) is 31.4 Å². The first kappa shape index (κ1) is 45.8. The molecule has 4 rings (SSSR count). The summed E-state index contributed by atoms with van der Waals surface area (Å²) in [5, 5.41) is 2.21. The fraction of sp³-hybridized carbons (Fsp3) is 0.533. The monoisotopic (exact) mass is 822 g/mol. The zero-order valence-electron chi connectivity index (χ0n) is 35.7. The number of rotatable bonds is 16. The maximum Gasteiger partial charge on any atom is 0.338 e. The number of carbonyl (C=O) groups excluding carboxylic acids is 1. The lowest BCUT2D eigenvalue weighted by molar-refractivity contribution is -0.0370. The topological polar surface area (TPSA) is 97.4 Å². The summed E-state index contributed by atoms with van der Waals surface area (Å²) in [4.78, 5) is 13.0. The molecule has 0 bridgehead atoms. The van der Waals surface area contributed by atoms with Crippen LogP contribution in [0.5, 0.6) is 0 Å². The number of ether oxygens (including phenoxy) is 2. The van der Waals surface area contributed by atoms with Crippen molar-refractivity contribution in [3.05, 3.63) is 108 Å². The molecule has 0 aliphatic heterocycles. The Balaban J connectivity index is 1.66. The highest BCUT2D eigenvalue weighted by Crippen LogP contribution is 2.43. The van der Waals surface area contributed by atoms with Crippen LogP contribution in [0.1, 0.15) is 85.0 Å². The first-order valence-electron chi connectivity index (χ1n) is 19.9. The van der Waals surface area contributed by atoms with E-state index in [-0.39, 0.29) is 34.8 Å². The van der Waals surface area contributed by atoms with Crippen molar-refractivity contribution in [1.29, 1.82) is 0 Å². The summed E-state index contributed by atoms with van der Waals surface area (Å²) >= 11 is 0. The number of methoxy groups -OCH3 is 1. The first-order valence-corrected chi connectivity index (χ1v) is 26.5. The van der Waals surface area contributed by atoms with Crippen molar-refractivity contribution in [2.45, 2.75) is 122 Å². The maximum atomic E-state index is 13.0. The van der Waals surface area contributed by atoms with Crippen LogP contribution in [0, 0.1) is 11.8 Å². The van der Waals surface area contributed by atoms with Crippen molar-refractivity contribution in [1.82, 2.24) is 0 Å². The van der Waals surface area contributed by atoms with Crippen LogP contribution < -0.4 is 10.4 Å². The van der Waals surface area contributed by atoms with Crippen LogP contribution in [0.3, 0.4) is 0 Å². The van der Waals surface area contributed by atoms with Gasteiger partial charge in [-0.1, -0.05) is 133 Å². The number of carbonyl (C=O) groups is 1. The Bertz CT molecular complexity index is 1800. The van der Waals surface area contributed by atoms with E-state index >= 15 is 0 Å². The molecule has 6 atom stereocenters. The number of allylic oxidation sites excluding steroid dienone is 1. The second-order valence-electron chi connectivity index (χ2n) is 18.0. The van der Waals surface area contributed by atoms with Crippen LogP contribution in [-0.4, -0.2) is 75.4 Å². The highest BCUT2D eigenvalue weighted by atomic mass is 32.2. The van der Waals surface area contributed by atoms with Gasteiger partial charge in [-0.2, -0.15) is 8.42 Å². The van der Waals surface area contributed by atoms with Gasteiger partial charge in [0.25, 0.3) is 18.4 Å². The summed E-state index contributed by atoms with van der Waals surface area (Å²) in [6.45, 7) is 21.6. The van der Waals surface area contributed by atoms with E-state index < -0.39 is 50.8 Å². The van der Waals surface area contributed by atoms with Gasteiger partial charge in [-0.05, 0) is 83.4 Å². The largest absolute Gasteiger partial charge is 0.459 e. The van der Waals surface area contributed by atoms with Gasteiger partial charge in [0.05, 0.1) is 30.1 Å². The molecule has 1 saturated carbocycles. The van der Waals surface area contributed by atoms with Crippen LogP contribution in [0.15, 0.2) is 103 Å². The fourth-order valence-corrected chi connectivity index (χ4v) is 14.5. The quantitative estimate of drug-likeness (QED) is 0.0612. The minimum atomic E-state index is -3.90. The molecule has 8 nitrogen and oxygen atoms in total. The van der Waals surface area contributed by atoms with E-state index in [4.69, 9.17) is 22.5 Å². The van der Waals surface area contributed by atoms with Gasteiger partial charge in [0.1, 0.15) is 12.7 Å². The smallest absolute Gasteiger partial charge is 0.338 e. The molecule has 308 valence electrons. The molecule has 0 radical (unpaired) electrons. The van der Waals surface area contributed by atoms with Crippen LogP contribution in [0.25, 0.3) is 0 Å². The van der Waals surface area contributed by atoms with Gasteiger partial charge in [-0.3, -0.25) is 4.18 Å². The van der Waals surface area contributed by atoms with Crippen molar-refractivity contribution in [3.8, 4) is 0 Å². The van der Waals surface area contributed by atoms with E-state index in [1.165, 1.54) is 10.4 Å². The number of hydrogen-bond acceptors (Lipinski definition) is 8. The Morgan fingerprint density at radius 2 is 1.34 bits per heavy atom. The molecule has 11 heteroatoms. The van der Waals surface area contributed by atoms with Crippen molar-refractivity contribution in [2.24, 2.45) is 11.8 Å². The molecule has 0 amide bonds. The molecule has 3 aromatic rings. The lowest BCUT2D eigenvalue weighted by Crippen LogP contribution is -2.68. The molecule has 0 N–H and O–H groups in total. The molecule has 3 aromatic carbocycles. The molecule has 1 aliphatic carbocycles. The molecular weight excluding hydrogens is 757 g/mol. The summed E-state index contributed by atoms with van der Waals surface area (Å²) in [7, 11) is -7.33. The summed E-state index contributed by atoms with van der Waals surface area (Å²) in [6, 6.07) is 30.1. The van der Waals surface area contributed by atoms with Crippen LogP contribution >= 0.6 is 0 Å². The molecule has 0 aromatic heterocycles. The minimum Gasteiger partial charge on any atom is -0.459 e. The number of hydrogen-bond donors (Lipinski definition) is 0. The average Bonchev–Trinajstić information content (AvgIpc) is 3.14. The van der Waals surface area contributed by atoms with E-state index in [0.29, 0.717) is 5.56 Å². The van der Waals surface area contributed by atoms with Crippen molar-refractivity contribution >= 4 is 43.1 Å². The molecule has 56 heavy (non-hydrogen) atoms. The first-order chi connectivity index (χ1) is 26.1. The molecule has 0 saturated heterocycles. The Kier molecular flexibility index (Phi) is 15.4. The third-order valence-corrected chi connectivity index (χ3v) is 21.9. The van der Waals surface area contributed by atoms with Gasteiger partial charge in [-0.25, -0.2) is 4.79 Å². The van der Waals surface area contributed by atoms with Gasteiger partial charge < -0.3 is 18.3 Å². The predicted molar refractivity (Wildman–Crippen MR) is 232 cm³/mol. The lowest BCUT2D eigenvalue weighted by Gasteiger charge is -2.48. The average molecular weight is 823 g/mol. The molecule has 0 unspecified atom stereocenters. The fourth-order valence-electron chi connectivity index (χ4n) is 7.66. The SMILES string of the molecule is CO[C@@H]1C[C@H](/C=C(\C)[C@@H](O[Si](C)(C)C(C)(C)C)[C@H](C)[C@@H](COC(=O)c2ccccc2)OS(C)(=O)=O)CC[C@H]1O[Si](c1ccccc1)(c1ccccc1)C(C)(C)C. The summed E-state index contributed by atoms with van der Waals surface area (Å²) < 4.78 is 57.6. The number of esters is 1. The highest BCUT2D eigenvalue weighted by molar-refractivity contribution is 7.86. The molecular formula is C45H66O8SSi2. The summed E-state index contributed by atoms with van der Waals surface area (Å²) in [5.74, 6) is -0.856. The standard InChI is InChI=1S/C45H66O8SSi2/c1-33(42(53-55(11,12)44(3,4)5)34(2)41(51-54(10,47)48)32-50-43(46)36-22-16-13-17-23-36)30-35-28-29-39(40(31-35)49-9)52-56(45(6,7)8,37-24-18-14-19-25-37)38-26-20-15-21-27-38/h13-27,30,34-35,39-42H,28-29,31-32H2,1-12H3/b33-30+/t34-,35+,39-,40-,41-,42-/m1/s1. The van der Waals surface area contributed by atoms with Gasteiger partial charge in [0, 0.05) is 13.0 Å². The third kappa shape index (κ3) is 11.4. The second kappa shape index (κ2) is 18.8. The Labute approximate surface area is 339 Å². The molecule has 0 spiro atoms. The van der Waals surface area contributed by atoms with Crippen molar-refractivity contribution < 1.29 is 35.7 Å². The van der Waals surface area contributed by atoms with Gasteiger partial charge in [0.15, 0.2) is 8.32 Å². The number of benzene rings is 3. The molecule has 1 fully saturated rings. The summed E-state index contributed by atoms with van der Waals surface area (Å²) in [5.41, 5.74) is 1.37. The Morgan fingerprint density at radius 3 is 1.80 bits per heavy atom. The zero-order valence-corrected chi connectivity index (χ0v) is 38.5. The van der Waals surface area contributed by atoms with Gasteiger partial charge >= 0.3 is 5.97 Å². The van der Waals surface area contributed by atoms with Crippen LogP contribution in [0.4, 0.5) is 0 Å². The van der Waals surface area contributed by atoms with Crippen molar-refractivity contribution in [2.75, 3.05) is 20.0 Å². The highest BCUT2D eigenvalue weighted by Gasteiger charge is 2.53. The van der Waals surface area contributed by atoms with E-state index in [9.17, 15) is 13.2 Å². The van der Waals surface area contributed by atoms with Crippen LogP contribution in [0.2, 0.25) is 23.2 Å².